The number of aliphatic hydroxyl groups is 1. The Morgan fingerprint density at radius 1 is 0.816 bits per heavy atom. The molecule has 4 aromatic rings. The lowest BCUT2D eigenvalue weighted by atomic mass is 9.95. The Morgan fingerprint density at radius 2 is 1.47 bits per heavy atom. The molecular weight excluding hydrogens is 616 g/mol. The van der Waals surface area contributed by atoms with Crippen molar-refractivity contribution in [3.63, 3.8) is 0 Å². The minimum absolute atomic E-state index is 0.00562. The number of amides is 3. The van der Waals surface area contributed by atoms with Crippen LogP contribution in [0.2, 0.25) is 0 Å². The molecule has 9 nitrogen and oxygen atoms in total. The molecule has 0 heterocycles. The number of benzene rings is 4. The van der Waals surface area contributed by atoms with E-state index in [1.165, 1.54) is 0 Å². The van der Waals surface area contributed by atoms with Crippen LogP contribution < -0.4 is 21.1 Å². The summed E-state index contributed by atoms with van der Waals surface area (Å²) in [5.41, 5.74) is 9.62. The van der Waals surface area contributed by atoms with Gasteiger partial charge in [-0.1, -0.05) is 86.6 Å². The van der Waals surface area contributed by atoms with E-state index >= 15 is 0 Å². The molecule has 2 atom stereocenters. The van der Waals surface area contributed by atoms with Crippen molar-refractivity contribution in [2.24, 2.45) is 5.73 Å². The van der Waals surface area contributed by atoms with Gasteiger partial charge in [-0.3, -0.25) is 14.4 Å². The van der Waals surface area contributed by atoms with Crippen LogP contribution in [0.1, 0.15) is 54.5 Å². The first-order chi connectivity index (χ1) is 23.7. The maximum absolute atomic E-state index is 13.7. The van der Waals surface area contributed by atoms with Crippen LogP contribution in [0.4, 0.5) is 0 Å². The predicted octanol–water partition coefficient (Wildman–Crippen LogP) is 4.49. The third-order valence-electron chi connectivity index (χ3n) is 8.50. The number of carbonyl (C=O) groups is 3. The molecule has 9 heteroatoms. The molecule has 0 radical (unpaired) electrons. The smallest absolute Gasteiger partial charge is 0.226 e. The SMILES string of the molecule is CCCN(CCC)C(=O)Cc1cc(CC(N)=O)cc(CC(=O)N[C@@H](Cc2cccc3ccccc23)[C@H](O)CNCc2cccc(OC)c2)c1. The Balaban J connectivity index is 1.53. The van der Waals surface area contributed by atoms with E-state index in [0.717, 1.165) is 46.1 Å². The molecule has 5 N–H and O–H groups in total. The molecule has 0 unspecified atom stereocenters. The molecule has 0 bridgehead atoms. The summed E-state index contributed by atoms with van der Waals surface area (Å²) in [6, 6.07) is 26.7. The van der Waals surface area contributed by atoms with Crippen molar-refractivity contribution in [2.45, 2.75) is 71.1 Å². The van der Waals surface area contributed by atoms with E-state index < -0.39 is 18.1 Å². The van der Waals surface area contributed by atoms with Gasteiger partial charge in [0, 0.05) is 26.2 Å². The van der Waals surface area contributed by atoms with Gasteiger partial charge in [0.25, 0.3) is 0 Å². The number of carbonyl (C=O) groups excluding carboxylic acids is 3. The van der Waals surface area contributed by atoms with E-state index in [1.54, 1.807) is 13.2 Å². The van der Waals surface area contributed by atoms with E-state index in [1.807, 2.05) is 97.6 Å². The van der Waals surface area contributed by atoms with Crippen LogP contribution in [0.5, 0.6) is 5.75 Å². The number of hydrogen-bond acceptors (Lipinski definition) is 6. The van der Waals surface area contributed by atoms with Crippen molar-refractivity contribution in [1.29, 1.82) is 0 Å². The lowest BCUT2D eigenvalue weighted by Gasteiger charge is -2.26. The average Bonchev–Trinajstić information content (AvgIpc) is 3.07. The van der Waals surface area contributed by atoms with Crippen LogP contribution in [0.25, 0.3) is 10.8 Å². The summed E-state index contributed by atoms with van der Waals surface area (Å²) in [6.07, 6.45) is 1.43. The van der Waals surface area contributed by atoms with Crippen LogP contribution in [0.15, 0.2) is 84.9 Å². The van der Waals surface area contributed by atoms with Crippen LogP contribution in [-0.4, -0.2) is 66.6 Å². The van der Waals surface area contributed by atoms with Crippen molar-refractivity contribution < 1.29 is 24.2 Å². The molecule has 4 rings (SSSR count). The van der Waals surface area contributed by atoms with Crippen LogP contribution in [-0.2, 0) is 46.6 Å². The number of rotatable bonds is 19. The maximum Gasteiger partial charge on any atom is 0.226 e. The number of nitrogens with two attached hydrogens (primary N) is 1. The first-order valence-electron chi connectivity index (χ1n) is 17.1. The first-order valence-corrected chi connectivity index (χ1v) is 17.1. The molecule has 0 spiro atoms. The topological polar surface area (TPSA) is 134 Å². The van der Waals surface area contributed by atoms with Crippen molar-refractivity contribution in [1.82, 2.24) is 15.5 Å². The molecular formula is C40H50N4O5. The molecule has 0 aromatic heterocycles. The van der Waals surface area contributed by atoms with Crippen LogP contribution in [0, 0.1) is 0 Å². The fourth-order valence-electron chi connectivity index (χ4n) is 6.26. The molecule has 3 amide bonds. The zero-order chi connectivity index (χ0) is 35.2. The van der Waals surface area contributed by atoms with Gasteiger partial charge in [-0.25, -0.2) is 0 Å². The molecule has 0 aliphatic rings. The van der Waals surface area contributed by atoms with Gasteiger partial charge in [0.2, 0.25) is 17.7 Å². The van der Waals surface area contributed by atoms with E-state index in [4.69, 9.17) is 10.5 Å². The molecule has 260 valence electrons. The highest BCUT2D eigenvalue weighted by Gasteiger charge is 2.23. The van der Waals surface area contributed by atoms with Crippen molar-refractivity contribution >= 4 is 28.5 Å². The summed E-state index contributed by atoms with van der Waals surface area (Å²) in [4.78, 5) is 40.5. The van der Waals surface area contributed by atoms with Crippen molar-refractivity contribution in [3.05, 3.63) is 113 Å². The second kappa shape index (κ2) is 18.7. The third-order valence-corrected chi connectivity index (χ3v) is 8.50. The van der Waals surface area contributed by atoms with E-state index in [2.05, 4.69) is 10.6 Å². The highest BCUT2D eigenvalue weighted by molar-refractivity contribution is 5.86. The molecule has 0 aliphatic heterocycles. The number of primary amides is 1. The minimum Gasteiger partial charge on any atom is -0.497 e. The van der Waals surface area contributed by atoms with Gasteiger partial charge >= 0.3 is 0 Å². The number of methoxy groups -OCH3 is 1. The fourth-order valence-corrected chi connectivity index (χ4v) is 6.26. The van der Waals surface area contributed by atoms with Gasteiger partial charge in [-0.2, -0.15) is 0 Å². The zero-order valence-electron chi connectivity index (χ0n) is 28.9. The summed E-state index contributed by atoms with van der Waals surface area (Å²) < 4.78 is 5.33. The second-order valence-corrected chi connectivity index (χ2v) is 12.6. The Hall–Kier alpha value is -4.73. The Kier molecular flexibility index (Phi) is 14.2. The quantitative estimate of drug-likeness (QED) is 0.117. The van der Waals surface area contributed by atoms with Crippen molar-refractivity contribution in [2.75, 3.05) is 26.7 Å². The number of nitrogens with zero attached hydrogens (tertiary/aromatic N) is 1. The molecule has 0 saturated carbocycles. The number of fused-ring (bicyclic) bond motifs is 1. The standard InChI is InChI=1S/C40H50N4O5/c1-4-16-44(17-5-2)40(48)24-31-19-29(22-38(41)46)18-30(20-31)23-39(47)43-36(25-33-13-9-12-32-11-6-7-15-35(32)33)37(45)27-42-26-28-10-8-14-34(21-28)49-3/h6-15,18-21,36-37,42,45H,4-5,16-17,22-27H2,1-3H3,(H2,41,46)(H,43,47)/t36-,37+/m0/s1. The fraction of sp³-hybridized carbons (Fsp3) is 0.375. The van der Waals surface area contributed by atoms with Gasteiger partial charge in [0.05, 0.1) is 38.5 Å². The van der Waals surface area contributed by atoms with Gasteiger partial charge in [-0.05, 0) is 70.0 Å². The average molecular weight is 667 g/mol. The third kappa shape index (κ3) is 11.4. The van der Waals surface area contributed by atoms with Gasteiger partial charge < -0.3 is 31.1 Å². The highest BCUT2D eigenvalue weighted by Crippen LogP contribution is 2.21. The van der Waals surface area contributed by atoms with Gasteiger partial charge in [0.15, 0.2) is 0 Å². The summed E-state index contributed by atoms with van der Waals surface area (Å²) in [7, 11) is 1.62. The highest BCUT2D eigenvalue weighted by atomic mass is 16.5. The van der Waals surface area contributed by atoms with Crippen LogP contribution >= 0.6 is 0 Å². The molecule has 4 aromatic carbocycles. The van der Waals surface area contributed by atoms with E-state index in [0.29, 0.717) is 37.2 Å². The number of aliphatic hydroxyl groups excluding tert-OH is 1. The zero-order valence-corrected chi connectivity index (χ0v) is 28.9. The Morgan fingerprint density at radius 3 is 2.16 bits per heavy atom. The maximum atomic E-state index is 13.7. The predicted molar refractivity (Wildman–Crippen MR) is 194 cm³/mol. The number of nitrogens with one attached hydrogen (secondary N) is 2. The Bertz CT molecular complexity index is 1700. The Labute approximate surface area is 289 Å². The summed E-state index contributed by atoms with van der Waals surface area (Å²) in [5.74, 6) is 0.00373. The molecule has 0 aliphatic carbocycles. The summed E-state index contributed by atoms with van der Waals surface area (Å²) in [5, 5.41) is 20.0. The number of hydrogen-bond donors (Lipinski definition) is 4. The normalized spacial score (nSPS) is 12.3. The number of ether oxygens (including phenoxy) is 1. The van der Waals surface area contributed by atoms with E-state index in [9.17, 15) is 19.5 Å². The lowest BCUT2D eigenvalue weighted by Crippen LogP contribution is -2.49. The summed E-state index contributed by atoms with van der Waals surface area (Å²) >= 11 is 0. The van der Waals surface area contributed by atoms with Crippen LogP contribution in [0.3, 0.4) is 0 Å². The van der Waals surface area contributed by atoms with Crippen molar-refractivity contribution in [3.8, 4) is 5.75 Å². The van der Waals surface area contributed by atoms with Gasteiger partial charge in [-0.15, -0.1) is 0 Å². The van der Waals surface area contributed by atoms with Gasteiger partial charge in [0.1, 0.15) is 5.75 Å². The lowest BCUT2D eigenvalue weighted by molar-refractivity contribution is -0.130. The minimum atomic E-state index is -0.897. The molecule has 49 heavy (non-hydrogen) atoms. The first kappa shape index (κ1) is 37.1. The summed E-state index contributed by atoms with van der Waals surface area (Å²) in [6.45, 7) is 6.21. The largest absolute Gasteiger partial charge is 0.497 e. The van der Waals surface area contributed by atoms with E-state index in [-0.39, 0.29) is 37.6 Å². The molecule has 0 fully saturated rings. The molecule has 0 saturated heterocycles. The monoisotopic (exact) mass is 666 g/mol. The second-order valence-electron chi connectivity index (χ2n) is 12.6.